The van der Waals surface area contributed by atoms with E-state index in [2.05, 4.69) is 10.3 Å². The Hall–Kier alpha value is -1.81. The van der Waals surface area contributed by atoms with Crippen molar-refractivity contribution in [3.63, 3.8) is 0 Å². The van der Waals surface area contributed by atoms with Crippen molar-refractivity contribution in [1.82, 2.24) is 10.3 Å². The third kappa shape index (κ3) is 1.92. The van der Waals surface area contributed by atoms with Crippen LogP contribution in [0.25, 0.3) is 10.9 Å². The number of hydrogen-bond donors (Lipinski definition) is 2. The number of aromatic nitrogens is 1. The number of hydrogen-bond acceptors (Lipinski definition) is 2. The lowest BCUT2D eigenvalue weighted by Gasteiger charge is -2.22. The first-order valence-corrected chi connectivity index (χ1v) is 6.67. The molecule has 100 valence electrons. The normalized spacial score (nSPS) is 16.5. The fourth-order valence-corrected chi connectivity index (χ4v) is 2.75. The molecule has 0 spiro atoms. The first kappa shape index (κ1) is 12.2. The molecule has 0 aliphatic heterocycles. The Morgan fingerprint density at radius 2 is 2.16 bits per heavy atom. The molecule has 1 aliphatic carbocycles. The van der Waals surface area contributed by atoms with E-state index in [-0.39, 0.29) is 11.3 Å². The Kier molecular flexibility index (Phi) is 2.82. The van der Waals surface area contributed by atoms with Crippen LogP contribution in [0.5, 0.6) is 0 Å². The molecule has 2 N–H and O–H groups in total. The molecular formula is C15H19N3O. The zero-order valence-electron chi connectivity index (χ0n) is 11.4. The molecule has 0 saturated heterocycles. The van der Waals surface area contributed by atoms with Gasteiger partial charge in [-0.25, -0.2) is 0 Å². The van der Waals surface area contributed by atoms with E-state index in [1.165, 1.54) is 0 Å². The van der Waals surface area contributed by atoms with E-state index in [9.17, 15) is 4.79 Å². The van der Waals surface area contributed by atoms with Crippen LogP contribution < -0.4 is 10.2 Å². The van der Waals surface area contributed by atoms with Gasteiger partial charge < -0.3 is 15.2 Å². The third-order valence-electron chi connectivity index (χ3n) is 4.06. The molecule has 3 rings (SSSR count). The van der Waals surface area contributed by atoms with Gasteiger partial charge in [-0.05, 0) is 26.0 Å². The van der Waals surface area contributed by atoms with Crippen LogP contribution in [-0.4, -0.2) is 31.5 Å². The van der Waals surface area contributed by atoms with E-state index in [1.807, 2.05) is 44.6 Å². The topological polar surface area (TPSA) is 48.1 Å². The standard InChI is InChI=1S/C15H19N3O/c1-16-10-15(7-8-15)14(19)18(2)13-9-17-12-6-4-3-5-11(12)13/h3-6,9,16-17H,7-8,10H2,1-2H3. The van der Waals surface area contributed by atoms with Gasteiger partial charge >= 0.3 is 0 Å². The van der Waals surface area contributed by atoms with Crippen LogP contribution >= 0.6 is 0 Å². The summed E-state index contributed by atoms with van der Waals surface area (Å²) in [6.45, 7) is 0.762. The molecule has 1 heterocycles. The van der Waals surface area contributed by atoms with Crippen molar-refractivity contribution in [2.75, 3.05) is 25.5 Å². The number of fused-ring (bicyclic) bond motifs is 1. The van der Waals surface area contributed by atoms with E-state index in [0.29, 0.717) is 0 Å². The molecular weight excluding hydrogens is 238 g/mol. The van der Waals surface area contributed by atoms with E-state index < -0.39 is 0 Å². The number of nitrogens with zero attached hydrogens (tertiary/aromatic N) is 1. The lowest BCUT2D eigenvalue weighted by atomic mass is 10.1. The molecule has 0 atom stereocenters. The summed E-state index contributed by atoms with van der Waals surface area (Å²) >= 11 is 0. The van der Waals surface area contributed by atoms with Gasteiger partial charge in [0.2, 0.25) is 5.91 Å². The largest absolute Gasteiger partial charge is 0.359 e. The summed E-state index contributed by atoms with van der Waals surface area (Å²) in [5.41, 5.74) is 1.85. The van der Waals surface area contributed by atoms with Crippen molar-refractivity contribution < 1.29 is 4.79 Å². The molecule has 0 bridgehead atoms. The molecule has 1 aliphatic rings. The number of nitrogens with one attached hydrogen (secondary N) is 2. The fourth-order valence-electron chi connectivity index (χ4n) is 2.75. The Bertz CT molecular complexity index is 613. The molecule has 1 saturated carbocycles. The number of amides is 1. The maximum absolute atomic E-state index is 12.6. The van der Waals surface area contributed by atoms with Gasteiger partial charge in [-0.1, -0.05) is 18.2 Å². The van der Waals surface area contributed by atoms with Gasteiger partial charge in [-0.3, -0.25) is 4.79 Å². The number of benzene rings is 1. The van der Waals surface area contributed by atoms with Gasteiger partial charge in [0.1, 0.15) is 0 Å². The van der Waals surface area contributed by atoms with Gasteiger partial charge in [0.25, 0.3) is 0 Å². The van der Waals surface area contributed by atoms with Crippen LogP contribution in [0.4, 0.5) is 5.69 Å². The van der Waals surface area contributed by atoms with Crippen molar-refractivity contribution >= 4 is 22.5 Å². The fraction of sp³-hybridized carbons (Fsp3) is 0.400. The van der Waals surface area contributed by atoms with Crippen molar-refractivity contribution in [2.24, 2.45) is 5.41 Å². The summed E-state index contributed by atoms with van der Waals surface area (Å²) in [5.74, 6) is 0.214. The molecule has 1 fully saturated rings. The number of para-hydroxylation sites is 1. The quantitative estimate of drug-likeness (QED) is 0.881. The van der Waals surface area contributed by atoms with Crippen LogP contribution in [0.15, 0.2) is 30.5 Å². The maximum Gasteiger partial charge on any atom is 0.234 e. The number of carbonyl (C=O) groups excluding carboxylic acids is 1. The lowest BCUT2D eigenvalue weighted by Crippen LogP contribution is -2.39. The first-order chi connectivity index (χ1) is 9.18. The number of anilines is 1. The van der Waals surface area contributed by atoms with Crippen LogP contribution in [0.2, 0.25) is 0 Å². The predicted molar refractivity (Wildman–Crippen MR) is 77.3 cm³/mol. The van der Waals surface area contributed by atoms with E-state index in [1.54, 1.807) is 4.90 Å². The highest BCUT2D eigenvalue weighted by atomic mass is 16.2. The van der Waals surface area contributed by atoms with Gasteiger partial charge in [0.15, 0.2) is 0 Å². The number of rotatable bonds is 4. The molecule has 19 heavy (non-hydrogen) atoms. The molecule has 4 heteroatoms. The number of carbonyl (C=O) groups is 1. The second-order valence-electron chi connectivity index (χ2n) is 5.39. The Morgan fingerprint density at radius 3 is 2.84 bits per heavy atom. The smallest absolute Gasteiger partial charge is 0.234 e. The summed E-state index contributed by atoms with van der Waals surface area (Å²) in [6, 6.07) is 8.06. The average Bonchev–Trinajstić information content (AvgIpc) is 3.09. The van der Waals surface area contributed by atoms with Crippen molar-refractivity contribution in [3.05, 3.63) is 30.5 Å². The molecule has 2 aromatic rings. The lowest BCUT2D eigenvalue weighted by molar-refractivity contribution is -0.123. The van der Waals surface area contributed by atoms with Crippen LogP contribution in [0.1, 0.15) is 12.8 Å². The molecule has 1 aromatic carbocycles. The zero-order chi connectivity index (χ0) is 13.5. The monoisotopic (exact) mass is 257 g/mol. The summed E-state index contributed by atoms with van der Waals surface area (Å²) in [7, 11) is 3.77. The van der Waals surface area contributed by atoms with Gasteiger partial charge in [0.05, 0.1) is 11.1 Å². The predicted octanol–water partition coefficient (Wildman–Crippen LogP) is 2.13. The molecule has 0 unspecified atom stereocenters. The van der Waals surface area contributed by atoms with Crippen molar-refractivity contribution in [1.29, 1.82) is 0 Å². The Morgan fingerprint density at radius 1 is 1.42 bits per heavy atom. The summed E-state index contributed by atoms with van der Waals surface area (Å²) in [6.07, 6.45) is 3.89. The minimum absolute atomic E-state index is 0.179. The highest BCUT2D eigenvalue weighted by Crippen LogP contribution is 2.47. The molecule has 4 nitrogen and oxygen atoms in total. The molecule has 1 aromatic heterocycles. The molecule has 1 amide bonds. The minimum atomic E-state index is -0.179. The third-order valence-corrected chi connectivity index (χ3v) is 4.06. The van der Waals surface area contributed by atoms with Crippen LogP contribution in [0, 0.1) is 5.41 Å². The Labute approximate surface area is 112 Å². The highest BCUT2D eigenvalue weighted by Gasteiger charge is 2.50. The zero-order valence-corrected chi connectivity index (χ0v) is 11.4. The van der Waals surface area contributed by atoms with E-state index in [0.717, 1.165) is 36.0 Å². The number of H-pyrrole nitrogens is 1. The maximum atomic E-state index is 12.6. The Balaban J connectivity index is 1.92. The summed E-state index contributed by atoms with van der Waals surface area (Å²) < 4.78 is 0. The second-order valence-corrected chi connectivity index (χ2v) is 5.39. The summed E-state index contributed by atoms with van der Waals surface area (Å²) in [4.78, 5) is 17.6. The SMILES string of the molecule is CNCC1(C(=O)N(C)c2c[nH]c3ccccc23)CC1. The second kappa shape index (κ2) is 4.38. The average molecular weight is 257 g/mol. The van der Waals surface area contributed by atoms with Gasteiger partial charge in [-0.2, -0.15) is 0 Å². The van der Waals surface area contributed by atoms with E-state index in [4.69, 9.17) is 0 Å². The van der Waals surface area contributed by atoms with E-state index >= 15 is 0 Å². The summed E-state index contributed by atoms with van der Waals surface area (Å²) in [5, 5.41) is 4.23. The first-order valence-electron chi connectivity index (χ1n) is 6.67. The van der Waals surface area contributed by atoms with Crippen LogP contribution in [-0.2, 0) is 4.79 Å². The van der Waals surface area contributed by atoms with Gasteiger partial charge in [-0.15, -0.1) is 0 Å². The van der Waals surface area contributed by atoms with Gasteiger partial charge in [0, 0.05) is 30.7 Å². The van der Waals surface area contributed by atoms with Crippen molar-refractivity contribution in [2.45, 2.75) is 12.8 Å². The minimum Gasteiger partial charge on any atom is -0.359 e. The number of aromatic amines is 1. The molecule has 0 radical (unpaired) electrons. The van der Waals surface area contributed by atoms with Crippen molar-refractivity contribution in [3.8, 4) is 0 Å². The van der Waals surface area contributed by atoms with Crippen LogP contribution in [0.3, 0.4) is 0 Å². The highest BCUT2D eigenvalue weighted by molar-refractivity contribution is 6.06.